The Morgan fingerprint density at radius 1 is 0.967 bits per heavy atom. The fourth-order valence-electron chi connectivity index (χ4n) is 3.49. The number of hydrogen-bond acceptors (Lipinski definition) is 3. The number of ether oxygens (including phenoxy) is 1. The van der Waals surface area contributed by atoms with Crippen molar-refractivity contribution >= 4 is 34.0 Å². The Morgan fingerprint density at radius 3 is 2.43 bits per heavy atom. The molecule has 3 aromatic rings. The van der Waals surface area contributed by atoms with E-state index in [-0.39, 0.29) is 18.2 Å². The zero-order valence-corrected chi connectivity index (χ0v) is 19.2. The van der Waals surface area contributed by atoms with Crippen LogP contribution in [0.1, 0.15) is 38.0 Å². The molecule has 0 fully saturated rings. The predicted molar refractivity (Wildman–Crippen MR) is 127 cm³/mol. The van der Waals surface area contributed by atoms with Crippen molar-refractivity contribution in [3.63, 3.8) is 0 Å². The van der Waals surface area contributed by atoms with Crippen LogP contribution in [0.3, 0.4) is 0 Å². The van der Waals surface area contributed by atoms with Gasteiger partial charge in [-0.05, 0) is 61.2 Å². The van der Waals surface area contributed by atoms with Crippen LogP contribution in [0, 0.1) is 0 Å². The molecule has 0 aliphatic rings. The third-order valence-electron chi connectivity index (χ3n) is 5.23. The number of hydrogen-bond donors (Lipinski definition) is 2. The molecule has 0 saturated heterocycles. The van der Waals surface area contributed by atoms with Crippen molar-refractivity contribution in [2.24, 2.45) is 0 Å². The summed E-state index contributed by atoms with van der Waals surface area (Å²) in [7, 11) is 0. The molecule has 0 aliphatic carbocycles. The summed E-state index contributed by atoms with van der Waals surface area (Å²) in [6, 6.07) is 20.4. The van der Waals surface area contributed by atoms with Gasteiger partial charge in [-0.2, -0.15) is 0 Å². The SMILES string of the molecule is CC(OC[C@H](O)CNC(C)(C)Cc1ccc2ccccc2c1)c1ccc(Cl)c(Cl)c1. The molecule has 160 valence electrons. The first kappa shape index (κ1) is 23.1. The fraction of sp³-hybridized carbons (Fsp3) is 0.360. The maximum atomic E-state index is 10.4. The minimum atomic E-state index is -0.605. The van der Waals surface area contributed by atoms with Gasteiger partial charge < -0.3 is 15.2 Å². The van der Waals surface area contributed by atoms with Crippen molar-refractivity contribution in [1.29, 1.82) is 0 Å². The lowest BCUT2D eigenvalue weighted by Gasteiger charge is -2.28. The average molecular weight is 446 g/mol. The summed E-state index contributed by atoms with van der Waals surface area (Å²) in [5.74, 6) is 0. The Balaban J connectivity index is 1.48. The van der Waals surface area contributed by atoms with Crippen LogP contribution in [-0.2, 0) is 11.2 Å². The summed E-state index contributed by atoms with van der Waals surface area (Å²) < 4.78 is 5.82. The first-order valence-corrected chi connectivity index (χ1v) is 11.0. The van der Waals surface area contributed by atoms with Crippen LogP contribution in [0.25, 0.3) is 10.8 Å². The van der Waals surface area contributed by atoms with Crippen molar-refractivity contribution in [3.05, 3.63) is 81.8 Å². The molecule has 0 amide bonds. The molecule has 2 atom stereocenters. The topological polar surface area (TPSA) is 41.5 Å². The molecule has 0 saturated carbocycles. The summed E-state index contributed by atoms with van der Waals surface area (Å²) in [5.41, 5.74) is 2.05. The molecule has 0 heterocycles. The summed E-state index contributed by atoms with van der Waals surface area (Å²) >= 11 is 12.0. The molecule has 0 radical (unpaired) electrons. The van der Waals surface area contributed by atoms with Crippen molar-refractivity contribution in [2.45, 2.75) is 44.9 Å². The second-order valence-electron chi connectivity index (χ2n) is 8.43. The maximum Gasteiger partial charge on any atom is 0.0898 e. The number of aliphatic hydroxyl groups excluding tert-OH is 1. The van der Waals surface area contributed by atoms with Crippen molar-refractivity contribution < 1.29 is 9.84 Å². The van der Waals surface area contributed by atoms with E-state index in [1.54, 1.807) is 12.1 Å². The predicted octanol–water partition coefficient (Wildman–Crippen LogP) is 6.20. The number of rotatable bonds is 9. The highest BCUT2D eigenvalue weighted by molar-refractivity contribution is 6.42. The van der Waals surface area contributed by atoms with Gasteiger partial charge in [0, 0.05) is 12.1 Å². The van der Waals surface area contributed by atoms with E-state index in [1.807, 2.05) is 13.0 Å². The largest absolute Gasteiger partial charge is 0.389 e. The molecule has 5 heteroatoms. The monoisotopic (exact) mass is 445 g/mol. The quantitative estimate of drug-likeness (QED) is 0.412. The van der Waals surface area contributed by atoms with Crippen LogP contribution in [-0.4, -0.2) is 29.9 Å². The Morgan fingerprint density at radius 2 is 1.70 bits per heavy atom. The molecular weight excluding hydrogens is 417 g/mol. The van der Waals surface area contributed by atoms with Crippen LogP contribution in [0.2, 0.25) is 10.0 Å². The van der Waals surface area contributed by atoms with Crippen molar-refractivity contribution in [2.75, 3.05) is 13.2 Å². The van der Waals surface area contributed by atoms with Gasteiger partial charge in [0.15, 0.2) is 0 Å². The highest BCUT2D eigenvalue weighted by atomic mass is 35.5. The van der Waals surface area contributed by atoms with E-state index in [0.717, 1.165) is 12.0 Å². The molecule has 1 unspecified atom stereocenters. The van der Waals surface area contributed by atoms with E-state index in [0.29, 0.717) is 16.6 Å². The Labute approximate surface area is 189 Å². The number of halogens is 2. The van der Waals surface area contributed by atoms with Gasteiger partial charge in [-0.1, -0.05) is 71.7 Å². The molecule has 0 aromatic heterocycles. The summed E-state index contributed by atoms with van der Waals surface area (Å²) in [6.07, 6.45) is 0.0802. The van der Waals surface area contributed by atoms with E-state index in [9.17, 15) is 5.11 Å². The molecule has 30 heavy (non-hydrogen) atoms. The molecule has 2 N–H and O–H groups in total. The number of fused-ring (bicyclic) bond motifs is 1. The van der Waals surface area contributed by atoms with Gasteiger partial charge in [0.1, 0.15) is 0 Å². The molecule has 3 rings (SSSR count). The van der Waals surface area contributed by atoms with Gasteiger partial charge in [-0.3, -0.25) is 0 Å². The van der Waals surface area contributed by atoms with Gasteiger partial charge in [-0.25, -0.2) is 0 Å². The van der Waals surface area contributed by atoms with Gasteiger partial charge >= 0.3 is 0 Å². The lowest BCUT2D eigenvalue weighted by atomic mass is 9.93. The van der Waals surface area contributed by atoms with Crippen LogP contribution in [0.5, 0.6) is 0 Å². The lowest BCUT2D eigenvalue weighted by Crippen LogP contribution is -2.46. The molecule has 3 aromatic carbocycles. The van der Waals surface area contributed by atoms with Crippen molar-refractivity contribution in [3.8, 4) is 0 Å². The molecule has 0 aliphatic heterocycles. The number of nitrogens with one attached hydrogen (secondary N) is 1. The number of aliphatic hydroxyl groups is 1. The Bertz CT molecular complexity index is 990. The van der Waals surface area contributed by atoms with Crippen LogP contribution >= 0.6 is 23.2 Å². The minimum absolute atomic E-state index is 0.154. The van der Waals surface area contributed by atoms with E-state index in [4.69, 9.17) is 27.9 Å². The molecule has 0 spiro atoms. The van der Waals surface area contributed by atoms with Gasteiger partial charge in [0.2, 0.25) is 0 Å². The number of benzene rings is 3. The third-order valence-corrected chi connectivity index (χ3v) is 5.97. The highest BCUT2D eigenvalue weighted by Crippen LogP contribution is 2.27. The standard InChI is InChI=1S/C25H29Cl2NO2/c1-17(20-10-11-23(26)24(27)13-20)30-16-22(29)15-28-25(2,3)14-18-8-9-19-6-4-5-7-21(19)12-18/h4-13,17,22,28-29H,14-16H2,1-3H3/t17?,22-/m1/s1. The number of β-amino-alcohol motifs (C(OH)–C–C–N with tert-alkyl or cyclic N) is 1. The van der Waals surface area contributed by atoms with Gasteiger partial charge in [-0.15, -0.1) is 0 Å². The van der Waals surface area contributed by atoms with Crippen molar-refractivity contribution in [1.82, 2.24) is 5.32 Å². The zero-order chi connectivity index (χ0) is 21.7. The first-order valence-electron chi connectivity index (χ1n) is 10.2. The first-order chi connectivity index (χ1) is 14.2. The Hall–Kier alpha value is -1.62. The molecular formula is C25H29Cl2NO2. The summed E-state index contributed by atoms with van der Waals surface area (Å²) in [4.78, 5) is 0. The average Bonchev–Trinajstić information content (AvgIpc) is 2.72. The van der Waals surface area contributed by atoms with Crippen LogP contribution < -0.4 is 5.32 Å². The fourth-order valence-corrected chi connectivity index (χ4v) is 3.80. The normalized spacial score (nSPS) is 14.1. The van der Waals surface area contributed by atoms with E-state index in [1.165, 1.54) is 16.3 Å². The Kier molecular flexibility index (Phi) is 7.78. The van der Waals surface area contributed by atoms with E-state index >= 15 is 0 Å². The van der Waals surface area contributed by atoms with E-state index in [2.05, 4.69) is 61.6 Å². The van der Waals surface area contributed by atoms with Crippen LogP contribution in [0.15, 0.2) is 60.7 Å². The summed E-state index contributed by atoms with van der Waals surface area (Å²) in [5, 5.41) is 17.4. The third kappa shape index (κ3) is 6.44. The van der Waals surface area contributed by atoms with Gasteiger partial charge in [0.05, 0.1) is 28.9 Å². The zero-order valence-electron chi connectivity index (χ0n) is 17.7. The van der Waals surface area contributed by atoms with E-state index < -0.39 is 6.10 Å². The minimum Gasteiger partial charge on any atom is -0.389 e. The molecule has 0 bridgehead atoms. The lowest BCUT2D eigenvalue weighted by molar-refractivity contribution is -0.00417. The second kappa shape index (κ2) is 10.1. The smallest absolute Gasteiger partial charge is 0.0898 e. The summed E-state index contributed by atoms with van der Waals surface area (Å²) in [6.45, 7) is 6.92. The molecule has 3 nitrogen and oxygen atoms in total. The van der Waals surface area contributed by atoms with Gasteiger partial charge in [0.25, 0.3) is 0 Å². The highest BCUT2D eigenvalue weighted by Gasteiger charge is 2.20. The van der Waals surface area contributed by atoms with Crippen LogP contribution in [0.4, 0.5) is 0 Å². The maximum absolute atomic E-state index is 10.4. The second-order valence-corrected chi connectivity index (χ2v) is 9.24.